The summed E-state index contributed by atoms with van der Waals surface area (Å²) in [7, 11) is 0. The van der Waals surface area contributed by atoms with E-state index in [0.29, 0.717) is 0 Å². The number of hydrazine groups is 1. The van der Waals surface area contributed by atoms with E-state index in [1.165, 1.54) is 0 Å². The highest BCUT2D eigenvalue weighted by Crippen LogP contribution is 2.15. The van der Waals surface area contributed by atoms with Crippen molar-refractivity contribution in [3.63, 3.8) is 0 Å². The van der Waals surface area contributed by atoms with Crippen LogP contribution < -0.4 is 16.0 Å². The molecule has 0 atom stereocenters. The number of halogens is 1. The van der Waals surface area contributed by atoms with Crippen LogP contribution in [0.1, 0.15) is 5.56 Å². The van der Waals surface area contributed by atoms with Gasteiger partial charge in [0.05, 0.1) is 6.20 Å². The molecule has 0 aliphatic heterocycles. The van der Waals surface area contributed by atoms with Gasteiger partial charge < -0.3 is 4.74 Å². The Bertz CT molecular complexity index is 492. The van der Waals surface area contributed by atoms with Gasteiger partial charge >= 0.3 is 0 Å². The van der Waals surface area contributed by atoms with Gasteiger partial charge in [-0.1, -0.05) is 30.3 Å². The van der Waals surface area contributed by atoms with E-state index >= 15 is 0 Å². The van der Waals surface area contributed by atoms with Crippen LogP contribution in [0.25, 0.3) is 0 Å². The fraction of sp³-hybridized carbons (Fsp3) is 0.0909. The van der Waals surface area contributed by atoms with Crippen molar-refractivity contribution in [3.8, 4) is 5.88 Å². The lowest BCUT2D eigenvalue weighted by molar-refractivity contribution is 0.276. The first kappa shape index (κ1) is 11.3. The summed E-state index contributed by atoms with van der Waals surface area (Å²) in [6.07, 6.45) is 1.00. The van der Waals surface area contributed by atoms with Gasteiger partial charge in [-0.25, -0.2) is 10.8 Å². The van der Waals surface area contributed by atoms with Gasteiger partial charge in [-0.15, -0.1) is 0 Å². The van der Waals surface area contributed by atoms with Crippen molar-refractivity contribution >= 4 is 5.95 Å². The Kier molecular flexibility index (Phi) is 3.46. The number of hydrogen-bond acceptors (Lipinski definition) is 5. The van der Waals surface area contributed by atoms with Gasteiger partial charge in [0.1, 0.15) is 6.61 Å². The van der Waals surface area contributed by atoms with Crippen LogP contribution in [0.4, 0.5) is 10.3 Å². The highest BCUT2D eigenvalue weighted by atomic mass is 19.1. The van der Waals surface area contributed by atoms with E-state index in [-0.39, 0.29) is 18.4 Å². The maximum Gasteiger partial charge on any atom is 0.255 e. The third-order valence-electron chi connectivity index (χ3n) is 2.06. The van der Waals surface area contributed by atoms with Crippen molar-refractivity contribution < 1.29 is 9.13 Å². The molecule has 0 spiro atoms. The van der Waals surface area contributed by atoms with Crippen LogP contribution in [0.15, 0.2) is 36.5 Å². The van der Waals surface area contributed by atoms with Crippen molar-refractivity contribution in [1.82, 2.24) is 9.97 Å². The lowest BCUT2D eigenvalue weighted by Gasteiger charge is -2.07. The smallest absolute Gasteiger partial charge is 0.255 e. The second-order valence-electron chi connectivity index (χ2n) is 3.27. The number of hydrogen-bond donors (Lipinski definition) is 2. The fourth-order valence-electron chi connectivity index (χ4n) is 1.25. The van der Waals surface area contributed by atoms with Crippen LogP contribution in [0.3, 0.4) is 0 Å². The number of nitrogens with two attached hydrogens (primary N) is 1. The molecule has 0 bridgehead atoms. The molecule has 88 valence electrons. The number of aromatic nitrogens is 2. The summed E-state index contributed by atoms with van der Waals surface area (Å²) in [6.45, 7) is 0.235. The minimum Gasteiger partial charge on any atom is -0.471 e. The van der Waals surface area contributed by atoms with Crippen LogP contribution >= 0.6 is 0 Å². The average Bonchev–Trinajstić information content (AvgIpc) is 2.39. The molecule has 2 aromatic rings. The molecule has 17 heavy (non-hydrogen) atoms. The molecule has 0 amide bonds. The molecule has 0 radical (unpaired) electrons. The Morgan fingerprint density at radius 1 is 1.29 bits per heavy atom. The van der Waals surface area contributed by atoms with Crippen molar-refractivity contribution in [3.05, 3.63) is 47.9 Å². The molecule has 1 heterocycles. The molecular weight excluding hydrogens is 223 g/mol. The van der Waals surface area contributed by atoms with E-state index in [2.05, 4.69) is 15.4 Å². The predicted molar refractivity (Wildman–Crippen MR) is 60.6 cm³/mol. The highest BCUT2D eigenvalue weighted by Gasteiger charge is 2.07. The normalized spacial score (nSPS) is 10.0. The minimum atomic E-state index is -0.625. The lowest BCUT2D eigenvalue weighted by atomic mass is 10.2. The molecule has 0 fully saturated rings. The highest BCUT2D eigenvalue weighted by molar-refractivity contribution is 5.26. The molecule has 0 aliphatic carbocycles. The van der Waals surface area contributed by atoms with Crippen molar-refractivity contribution in [2.24, 2.45) is 5.84 Å². The quantitative estimate of drug-likeness (QED) is 0.619. The first-order chi connectivity index (χ1) is 8.29. The summed E-state index contributed by atoms with van der Waals surface area (Å²) in [5.41, 5.74) is 3.15. The van der Waals surface area contributed by atoms with E-state index in [1.54, 1.807) is 0 Å². The molecule has 1 aromatic heterocycles. The number of anilines is 1. The molecule has 0 saturated carbocycles. The number of benzene rings is 1. The summed E-state index contributed by atoms with van der Waals surface area (Å²) >= 11 is 0. The molecule has 2 rings (SSSR count). The van der Waals surface area contributed by atoms with Crippen LogP contribution in [-0.2, 0) is 6.61 Å². The van der Waals surface area contributed by atoms with Crippen LogP contribution in [0.5, 0.6) is 5.88 Å². The molecule has 1 aromatic carbocycles. The zero-order valence-electron chi connectivity index (χ0n) is 8.93. The Balaban J connectivity index is 2.08. The third kappa shape index (κ3) is 2.88. The topological polar surface area (TPSA) is 73.1 Å². The first-order valence-corrected chi connectivity index (χ1v) is 4.95. The Hall–Kier alpha value is -2.21. The van der Waals surface area contributed by atoms with Crippen molar-refractivity contribution in [1.29, 1.82) is 0 Å². The van der Waals surface area contributed by atoms with Crippen molar-refractivity contribution in [2.75, 3.05) is 5.43 Å². The maximum absolute atomic E-state index is 13.3. The Morgan fingerprint density at radius 3 is 2.76 bits per heavy atom. The van der Waals surface area contributed by atoms with E-state index in [4.69, 9.17) is 10.6 Å². The summed E-state index contributed by atoms with van der Waals surface area (Å²) < 4.78 is 18.5. The van der Waals surface area contributed by atoms with Gasteiger partial charge in [0, 0.05) is 0 Å². The van der Waals surface area contributed by atoms with Gasteiger partial charge in [-0.05, 0) is 5.56 Å². The number of rotatable bonds is 4. The number of nitrogens with one attached hydrogen (secondary N) is 1. The minimum absolute atomic E-state index is 0.106. The van der Waals surface area contributed by atoms with E-state index in [0.717, 1.165) is 11.8 Å². The summed E-state index contributed by atoms with van der Waals surface area (Å²) in [4.78, 5) is 7.37. The summed E-state index contributed by atoms with van der Waals surface area (Å²) in [5.74, 6) is 4.48. The lowest BCUT2D eigenvalue weighted by Crippen LogP contribution is -2.11. The molecule has 0 saturated heterocycles. The first-order valence-electron chi connectivity index (χ1n) is 4.95. The van der Waals surface area contributed by atoms with Crippen LogP contribution in [-0.4, -0.2) is 9.97 Å². The van der Waals surface area contributed by atoms with Gasteiger partial charge in [-0.3, -0.25) is 5.43 Å². The van der Waals surface area contributed by atoms with Crippen LogP contribution in [0, 0.1) is 5.82 Å². The molecular formula is C11H11FN4O. The second kappa shape index (κ2) is 5.22. The summed E-state index contributed by atoms with van der Waals surface area (Å²) in [5, 5.41) is 0. The SMILES string of the molecule is NNc1ncc(F)c(OCc2ccccc2)n1. The Labute approximate surface area is 97.4 Å². The standard InChI is InChI=1S/C11H11FN4O/c12-9-6-14-11(16-13)15-10(9)17-7-8-4-2-1-3-5-8/h1-6H,7,13H2,(H,14,15,16). The summed E-state index contributed by atoms with van der Waals surface area (Å²) in [6, 6.07) is 9.40. The van der Waals surface area contributed by atoms with E-state index in [1.807, 2.05) is 30.3 Å². The Morgan fingerprint density at radius 2 is 2.06 bits per heavy atom. The van der Waals surface area contributed by atoms with Gasteiger partial charge in [0.2, 0.25) is 11.8 Å². The van der Waals surface area contributed by atoms with Crippen molar-refractivity contribution in [2.45, 2.75) is 6.61 Å². The maximum atomic E-state index is 13.3. The zero-order chi connectivity index (χ0) is 12.1. The molecule has 3 N–H and O–H groups in total. The molecule has 6 heteroatoms. The molecule has 0 aliphatic rings. The number of nitrogens with zero attached hydrogens (tertiary/aromatic N) is 2. The monoisotopic (exact) mass is 234 g/mol. The predicted octanol–water partition coefficient (Wildman–Crippen LogP) is 1.48. The molecule has 0 unspecified atom stereocenters. The third-order valence-corrected chi connectivity index (χ3v) is 2.06. The van der Waals surface area contributed by atoms with Gasteiger partial charge in [-0.2, -0.15) is 9.37 Å². The number of nitrogen functional groups attached to an aromatic ring is 1. The van der Waals surface area contributed by atoms with E-state index < -0.39 is 5.82 Å². The fourth-order valence-corrected chi connectivity index (χ4v) is 1.25. The van der Waals surface area contributed by atoms with E-state index in [9.17, 15) is 4.39 Å². The second-order valence-corrected chi connectivity index (χ2v) is 3.27. The largest absolute Gasteiger partial charge is 0.471 e. The molecule has 5 nitrogen and oxygen atoms in total. The van der Waals surface area contributed by atoms with Gasteiger partial charge in [0.25, 0.3) is 5.88 Å². The van der Waals surface area contributed by atoms with Crippen LogP contribution in [0.2, 0.25) is 0 Å². The zero-order valence-corrected chi connectivity index (χ0v) is 8.93. The average molecular weight is 234 g/mol. The van der Waals surface area contributed by atoms with Gasteiger partial charge in [0.15, 0.2) is 0 Å². The number of ether oxygens (including phenoxy) is 1.